The highest BCUT2D eigenvalue weighted by Crippen LogP contribution is 2.28. The molecule has 12 heteroatoms. The highest BCUT2D eigenvalue weighted by atomic mass is 19.1. The van der Waals surface area contributed by atoms with Gasteiger partial charge in [-0.1, -0.05) is 45.0 Å². The van der Waals surface area contributed by atoms with Gasteiger partial charge in [0.2, 0.25) is 5.95 Å². The molecule has 6 aromatic rings. The molecule has 0 spiro atoms. The van der Waals surface area contributed by atoms with Gasteiger partial charge >= 0.3 is 6.03 Å². The van der Waals surface area contributed by atoms with Crippen LogP contribution in [0.4, 0.5) is 26.6 Å². The van der Waals surface area contributed by atoms with Crippen molar-refractivity contribution >= 4 is 45.4 Å². The van der Waals surface area contributed by atoms with E-state index in [9.17, 15) is 14.0 Å². The van der Waals surface area contributed by atoms with Gasteiger partial charge in [-0.2, -0.15) is 14.8 Å². The molecule has 0 atom stereocenters. The first-order chi connectivity index (χ1) is 20.5. The number of nitrogens with one attached hydrogen (secondary N) is 2. The minimum atomic E-state index is -0.700. The lowest BCUT2D eigenvalue weighted by Gasteiger charge is -2.14. The van der Waals surface area contributed by atoms with E-state index in [2.05, 4.69) is 20.6 Å². The van der Waals surface area contributed by atoms with E-state index in [1.807, 2.05) is 57.2 Å². The van der Waals surface area contributed by atoms with Gasteiger partial charge in [-0.05, 0) is 42.0 Å². The third-order valence-corrected chi connectivity index (χ3v) is 7.01. The average molecular weight is 578 g/mol. The second-order valence-electron chi connectivity index (χ2n) is 11.1. The fraction of sp³-hybridized carbons (Fsp3) is 0.161. The minimum absolute atomic E-state index is 0.0434. The third-order valence-electron chi connectivity index (χ3n) is 7.01. The zero-order chi connectivity index (χ0) is 30.5. The van der Waals surface area contributed by atoms with Crippen LogP contribution in [0, 0.1) is 5.82 Å². The molecule has 0 aliphatic carbocycles. The van der Waals surface area contributed by atoms with Crippen LogP contribution in [0.5, 0.6) is 0 Å². The van der Waals surface area contributed by atoms with Crippen molar-refractivity contribution in [2.75, 3.05) is 16.4 Å². The molecule has 0 unspecified atom stereocenters. The maximum absolute atomic E-state index is 14.9. The van der Waals surface area contributed by atoms with Crippen molar-refractivity contribution in [3.8, 4) is 16.9 Å². The number of benzene rings is 2. The summed E-state index contributed by atoms with van der Waals surface area (Å²) in [7, 11) is 1.57. The summed E-state index contributed by atoms with van der Waals surface area (Å²) in [6.45, 7) is 6.03. The molecule has 2 amide bonds. The molecule has 43 heavy (non-hydrogen) atoms. The number of nitrogens with two attached hydrogens (primary N) is 1. The van der Waals surface area contributed by atoms with Gasteiger partial charge in [-0.15, -0.1) is 0 Å². The molecule has 216 valence electrons. The summed E-state index contributed by atoms with van der Waals surface area (Å²) in [5.41, 5.74) is 7.43. The quantitative estimate of drug-likeness (QED) is 0.255. The Balaban J connectivity index is 1.33. The Morgan fingerprint density at radius 1 is 0.953 bits per heavy atom. The average Bonchev–Trinajstić information content (AvgIpc) is 3.40. The lowest BCUT2D eigenvalue weighted by Crippen LogP contribution is -2.22. The van der Waals surface area contributed by atoms with Crippen molar-refractivity contribution in [2.45, 2.75) is 26.2 Å². The van der Waals surface area contributed by atoms with Gasteiger partial charge in [0.05, 0.1) is 16.9 Å². The SMILES string of the molecule is Cn1c(=O)c(-c2ccc(F)c(NC(=O)Nc3cc(C(C)(C)C)nn3-c3ccc4ccccc4n3)c2)cc2cnc(N)nc21. The van der Waals surface area contributed by atoms with Gasteiger partial charge in [0, 0.05) is 41.1 Å². The molecule has 6 rings (SSSR count). The molecule has 0 radical (unpaired) electrons. The van der Waals surface area contributed by atoms with Crippen molar-refractivity contribution in [3.63, 3.8) is 0 Å². The number of halogens is 1. The topological polar surface area (TPSA) is 146 Å². The van der Waals surface area contributed by atoms with Gasteiger partial charge in [0.15, 0.2) is 5.82 Å². The number of nitrogen functional groups attached to an aromatic ring is 1. The normalized spacial score (nSPS) is 11.7. The van der Waals surface area contributed by atoms with Crippen LogP contribution in [-0.2, 0) is 12.5 Å². The number of anilines is 3. The van der Waals surface area contributed by atoms with Crippen molar-refractivity contribution in [3.05, 3.63) is 94.8 Å². The molecule has 4 aromatic heterocycles. The molecule has 0 saturated heterocycles. The number of carbonyl (C=O) groups excluding carboxylic acids is 1. The van der Waals surface area contributed by atoms with Gasteiger partial charge in [-0.25, -0.2) is 19.2 Å². The van der Waals surface area contributed by atoms with E-state index in [-0.39, 0.29) is 28.2 Å². The smallest absolute Gasteiger partial charge is 0.324 e. The number of nitrogens with zero attached hydrogens (tertiary/aromatic N) is 6. The molecule has 11 nitrogen and oxygen atoms in total. The van der Waals surface area contributed by atoms with Crippen LogP contribution in [-0.4, -0.2) is 35.3 Å². The van der Waals surface area contributed by atoms with Crippen molar-refractivity contribution in [2.24, 2.45) is 7.05 Å². The number of aromatic nitrogens is 6. The molecule has 4 heterocycles. The van der Waals surface area contributed by atoms with E-state index in [4.69, 9.17) is 15.8 Å². The summed E-state index contributed by atoms with van der Waals surface area (Å²) in [5, 5.41) is 11.6. The summed E-state index contributed by atoms with van der Waals surface area (Å²) in [4.78, 5) is 39.2. The number of fused-ring (bicyclic) bond motifs is 2. The van der Waals surface area contributed by atoms with Crippen LogP contribution in [0.1, 0.15) is 26.5 Å². The molecular formula is C31H28FN9O2. The van der Waals surface area contributed by atoms with Gasteiger partial charge in [0.1, 0.15) is 17.3 Å². The predicted molar refractivity (Wildman–Crippen MR) is 165 cm³/mol. The lowest BCUT2D eigenvalue weighted by atomic mass is 9.92. The first kappa shape index (κ1) is 27.5. The van der Waals surface area contributed by atoms with Crippen LogP contribution in [0.3, 0.4) is 0 Å². The Morgan fingerprint density at radius 3 is 2.53 bits per heavy atom. The van der Waals surface area contributed by atoms with Crippen LogP contribution in [0.2, 0.25) is 0 Å². The summed E-state index contributed by atoms with van der Waals surface area (Å²) in [6, 6.07) is 18.2. The van der Waals surface area contributed by atoms with E-state index in [0.717, 1.165) is 16.6 Å². The maximum Gasteiger partial charge on any atom is 0.324 e. The Kier molecular flexibility index (Phi) is 6.60. The highest BCUT2D eigenvalue weighted by Gasteiger charge is 2.23. The van der Waals surface area contributed by atoms with Crippen LogP contribution < -0.4 is 21.9 Å². The number of amides is 2. The molecule has 4 N–H and O–H groups in total. The molecule has 2 aromatic carbocycles. The zero-order valence-corrected chi connectivity index (χ0v) is 23.9. The standard InChI is InChI=1S/C31H28FN9O2/c1-31(2,3)24-15-26(41(39-24)25-12-10-17-7-5-6-8-22(17)35-25)37-30(43)36-23-14-18(9-11-21(23)32)20-13-19-16-34-29(33)38-27(19)40(4)28(20)42/h5-16H,1-4H3,(H2,33,34,38)(H2,36,37,43). The van der Waals surface area contributed by atoms with Crippen molar-refractivity contribution in [1.29, 1.82) is 0 Å². The summed E-state index contributed by atoms with van der Waals surface area (Å²) in [6.07, 6.45) is 1.51. The largest absolute Gasteiger partial charge is 0.368 e. The van der Waals surface area contributed by atoms with E-state index in [1.54, 1.807) is 23.9 Å². The second-order valence-corrected chi connectivity index (χ2v) is 11.1. The van der Waals surface area contributed by atoms with E-state index < -0.39 is 11.8 Å². The summed E-state index contributed by atoms with van der Waals surface area (Å²) < 4.78 is 17.8. The molecular weight excluding hydrogens is 549 g/mol. The number of pyridine rings is 2. The van der Waals surface area contributed by atoms with E-state index in [0.29, 0.717) is 28.2 Å². The summed E-state index contributed by atoms with van der Waals surface area (Å²) >= 11 is 0. The molecule has 0 saturated carbocycles. The number of rotatable bonds is 4. The number of hydrogen-bond donors (Lipinski definition) is 3. The van der Waals surface area contributed by atoms with Gasteiger partial charge in [-0.3, -0.25) is 14.7 Å². The van der Waals surface area contributed by atoms with E-state index >= 15 is 0 Å². The van der Waals surface area contributed by atoms with E-state index in [1.165, 1.54) is 29.0 Å². The van der Waals surface area contributed by atoms with Crippen LogP contribution in [0.25, 0.3) is 38.9 Å². The number of hydrogen-bond acceptors (Lipinski definition) is 7. The Hall–Kier alpha value is -5.65. The number of aryl methyl sites for hydroxylation is 1. The third kappa shape index (κ3) is 5.25. The predicted octanol–water partition coefficient (Wildman–Crippen LogP) is 5.39. The van der Waals surface area contributed by atoms with Gasteiger partial charge in [0.25, 0.3) is 5.56 Å². The Morgan fingerprint density at radius 2 is 1.74 bits per heavy atom. The van der Waals surface area contributed by atoms with Crippen LogP contribution in [0.15, 0.2) is 77.7 Å². The number of carbonyl (C=O) groups is 1. The fourth-order valence-electron chi connectivity index (χ4n) is 4.71. The lowest BCUT2D eigenvalue weighted by molar-refractivity contribution is 0.262. The maximum atomic E-state index is 14.9. The van der Waals surface area contributed by atoms with Crippen molar-refractivity contribution < 1.29 is 9.18 Å². The number of urea groups is 1. The summed E-state index contributed by atoms with van der Waals surface area (Å²) in [5.74, 6) is 0.231. The van der Waals surface area contributed by atoms with Gasteiger partial charge < -0.3 is 11.1 Å². The van der Waals surface area contributed by atoms with Crippen molar-refractivity contribution in [1.82, 2.24) is 29.3 Å². The number of para-hydroxylation sites is 1. The molecule has 0 aliphatic heterocycles. The first-order valence-electron chi connectivity index (χ1n) is 13.4. The molecule has 0 fully saturated rings. The Labute approximate surface area is 245 Å². The Bertz CT molecular complexity index is 2110. The fourth-order valence-corrected chi connectivity index (χ4v) is 4.71. The van der Waals surface area contributed by atoms with Crippen LogP contribution >= 0.6 is 0 Å². The minimum Gasteiger partial charge on any atom is -0.368 e. The monoisotopic (exact) mass is 577 g/mol. The first-order valence-corrected chi connectivity index (χ1v) is 13.4. The second kappa shape index (κ2) is 10.3. The highest BCUT2D eigenvalue weighted by molar-refractivity contribution is 6.00. The zero-order valence-electron chi connectivity index (χ0n) is 23.9. The molecule has 0 bridgehead atoms. The molecule has 0 aliphatic rings.